The summed E-state index contributed by atoms with van der Waals surface area (Å²) in [5.41, 5.74) is 3.99. The van der Waals surface area contributed by atoms with Crippen LogP contribution < -0.4 is 4.74 Å². The maximum absolute atomic E-state index is 12.9. The molecular weight excluding hydrogens is 316 g/mol. The highest BCUT2D eigenvalue weighted by Crippen LogP contribution is 2.24. The molecule has 126 valence electrons. The molecule has 0 saturated heterocycles. The molecular formula is C19H18N4O2. The molecule has 6 nitrogen and oxygen atoms in total. The maximum Gasteiger partial charge on any atom is 0.272 e. The molecule has 0 aliphatic carbocycles. The van der Waals surface area contributed by atoms with Gasteiger partial charge in [0.15, 0.2) is 5.65 Å². The quantitative estimate of drug-likeness (QED) is 0.720. The van der Waals surface area contributed by atoms with Gasteiger partial charge in [-0.2, -0.15) is 0 Å². The first-order valence-electron chi connectivity index (χ1n) is 8.27. The number of pyridine rings is 1. The third kappa shape index (κ3) is 3.03. The zero-order valence-corrected chi connectivity index (χ0v) is 14.0. The Hall–Kier alpha value is -3.02. The summed E-state index contributed by atoms with van der Waals surface area (Å²) in [4.78, 5) is 27.5. The Morgan fingerprint density at radius 3 is 2.88 bits per heavy atom. The number of rotatable bonds is 2. The van der Waals surface area contributed by atoms with Crippen LogP contribution in [0.4, 0.5) is 0 Å². The van der Waals surface area contributed by atoms with E-state index < -0.39 is 0 Å². The van der Waals surface area contributed by atoms with E-state index in [4.69, 9.17) is 4.74 Å². The number of nitrogens with zero attached hydrogens (tertiary/aromatic N) is 4. The summed E-state index contributed by atoms with van der Waals surface area (Å²) in [6, 6.07) is 9.56. The van der Waals surface area contributed by atoms with Crippen LogP contribution in [-0.2, 0) is 13.0 Å². The Morgan fingerprint density at radius 1 is 1.12 bits per heavy atom. The second-order valence-corrected chi connectivity index (χ2v) is 6.06. The van der Waals surface area contributed by atoms with Crippen molar-refractivity contribution in [1.29, 1.82) is 0 Å². The van der Waals surface area contributed by atoms with Crippen molar-refractivity contribution >= 4 is 17.1 Å². The lowest BCUT2D eigenvalue weighted by molar-refractivity contribution is 0.0740. The molecule has 1 aliphatic rings. The van der Waals surface area contributed by atoms with Gasteiger partial charge in [0.2, 0.25) is 0 Å². The van der Waals surface area contributed by atoms with Gasteiger partial charge in [0, 0.05) is 25.5 Å². The van der Waals surface area contributed by atoms with Crippen LogP contribution in [-0.4, -0.2) is 39.4 Å². The van der Waals surface area contributed by atoms with Crippen molar-refractivity contribution in [3.05, 3.63) is 59.5 Å². The molecule has 25 heavy (non-hydrogen) atoms. The molecule has 0 atom stereocenters. The summed E-state index contributed by atoms with van der Waals surface area (Å²) in [5, 5.41) is 0. The first-order valence-corrected chi connectivity index (χ1v) is 8.27. The van der Waals surface area contributed by atoms with E-state index in [-0.39, 0.29) is 5.91 Å². The van der Waals surface area contributed by atoms with E-state index in [2.05, 4.69) is 21.0 Å². The molecule has 3 aromatic rings. The van der Waals surface area contributed by atoms with Gasteiger partial charge >= 0.3 is 0 Å². The topological polar surface area (TPSA) is 68.2 Å². The van der Waals surface area contributed by atoms with Crippen LogP contribution in [0.15, 0.2) is 42.7 Å². The normalized spacial score (nSPS) is 14.0. The van der Waals surface area contributed by atoms with Crippen LogP contribution in [0.1, 0.15) is 28.0 Å². The number of carbonyl (C=O) groups is 1. The van der Waals surface area contributed by atoms with E-state index in [1.54, 1.807) is 31.6 Å². The van der Waals surface area contributed by atoms with Crippen molar-refractivity contribution in [2.45, 2.75) is 19.4 Å². The van der Waals surface area contributed by atoms with Gasteiger partial charge in [-0.05, 0) is 48.2 Å². The predicted molar refractivity (Wildman–Crippen MR) is 93.4 cm³/mol. The molecule has 0 bridgehead atoms. The van der Waals surface area contributed by atoms with Crippen LogP contribution >= 0.6 is 0 Å². The highest BCUT2D eigenvalue weighted by Gasteiger charge is 2.22. The smallest absolute Gasteiger partial charge is 0.272 e. The molecule has 2 aromatic heterocycles. The van der Waals surface area contributed by atoms with E-state index in [0.717, 1.165) is 24.2 Å². The Morgan fingerprint density at radius 2 is 2.00 bits per heavy atom. The summed E-state index contributed by atoms with van der Waals surface area (Å²) >= 11 is 0. The zero-order chi connectivity index (χ0) is 17.2. The molecule has 4 rings (SSSR count). The molecule has 0 N–H and O–H groups in total. The second kappa shape index (κ2) is 6.47. The van der Waals surface area contributed by atoms with Crippen LogP contribution in [0.5, 0.6) is 5.75 Å². The highest BCUT2D eigenvalue weighted by atomic mass is 16.5. The number of hydrogen-bond acceptors (Lipinski definition) is 5. The van der Waals surface area contributed by atoms with Crippen molar-refractivity contribution < 1.29 is 9.53 Å². The number of carbonyl (C=O) groups excluding carboxylic acids is 1. The standard InChI is InChI=1S/C19H18N4O2/c1-25-15-5-4-14-12-23(10-2-3-13(14)11-15)19(24)17-7-6-16-18(22-17)21-9-8-20-16/h4-9,11H,2-3,10,12H2,1H3. The minimum Gasteiger partial charge on any atom is -0.497 e. The Labute approximate surface area is 145 Å². The van der Waals surface area contributed by atoms with Crippen LogP contribution in [0.2, 0.25) is 0 Å². The monoisotopic (exact) mass is 334 g/mol. The van der Waals surface area contributed by atoms with Crippen LogP contribution in [0.3, 0.4) is 0 Å². The largest absolute Gasteiger partial charge is 0.497 e. The van der Waals surface area contributed by atoms with E-state index >= 15 is 0 Å². The minimum atomic E-state index is -0.0729. The molecule has 0 spiro atoms. The van der Waals surface area contributed by atoms with Crippen LogP contribution in [0.25, 0.3) is 11.2 Å². The fourth-order valence-electron chi connectivity index (χ4n) is 3.17. The minimum absolute atomic E-state index is 0.0729. The number of fused-ring (bicyclic) bond motifs is 2. The van der Waals surface area contributed by atoms with Crippen LogP contribution in [0, 0.1) is 0 Å². The number of aryl methyl sites for hydroxylation is 1. The molecule has 0 fully saturated rings. The fourth-order valence-corrected chi connectivity index (χ4v) is 3.17. The van der Waals surface area contributed by atoms with Crippen molar-refractivity contribution in [2.24, 2.45) is 0 Å². The van der Waals surface area contributed by atoms with E-state index in [1.807, 2.05) is 17.0 Å². The van der Waals surface area contributed by atoms with E-state index in [1.165, 1.54) is 5.56 Å². The average Bonchev–Trinajstić information content (AvgIpc) is 2.88. The van der Waals surface area contributed by atoms with Gasteiger partial charge in [-0.15, -0.1) is 0 Å². The Balaban J connectivity index is 1.62. The highest BCUT2D eigenvalue weighted by molar-refractivity contribution is 5.94. The molecule has 3 heterocycles. The summed E-state index contributed by atoms with van der Waals surface area (Å²) in [6.07, 6.45) is 5.05. The van der Waals surface area contributed by atoms with Gasteiger partial charge in [-0.1, -0.05) is 6.07 Å². The van der Waals surface area contributed by atoms with Gasteiger partial charge in [0.1, 0.15) is 17.0 Å². The molecule has 0 radical (unpaired) electrons. The molecule has 6 heteroatoms. The average molecular weight is 334 g/mol. The molecule has 1 aliphatic heterocycles. The molecule has 1 amide bonds. The molecule has 0 saturated carbocycles. The SMILES string of the molecule is COc1ccc2c(c1)CCCN(C(=O)c1ccc3nccnc3n1)C2. The number of amides is 1. The maximum atomic E-state index is 12.9. The lowest BCUT2D eigenvalue weighted by atomic mass is 10.0. The molecule has 0 unspecified atom stereocenters. The van der Waals surface area contributed by atoms with Gasteiger partial charge in [0.25, 0.3) is 5.91 Å². The van der Waals surface area contributed by atoms with E-state index in [0.29, 0.717) is 29.9 Å². The first kappa shape index (κ1) is 15.5. The van der Waals surface area contributed by atoms with Gasteiger partial charge < -0.3 is 9.64 Å². The summed E-state index contributed by atoms with van der Waals surface area (Å²) in [6.45, 7) is 1.29. The zero-order valence-electron chi connectivity index (χ0n) is 14.0. The Bertz CT molecular complexity index is 942. The second-order valence-electron chi connectivity index (χ2n) is 6.06. The number of methoxy groups -OCH3 is 1. The lowest BCUT2D eigenvalue weighted by Gasteiger charge is -2.20. The summed E-state index contributed by atoms with van der Waals surface area (Å²) in [7, 11) is 1.67. The third-order valence-corrected chi connectivity index (χ3v) is 4.49. The van der Waals surface area contributed by atoms with Crippen molar-refractivity contribution in [3.8, 4) is 5.75 Å². The molecule has 1 aromatic carbocycles. The third-order valence-electron chi connectivity index (χ3n) is 4.49. The van der Waals surface area contributed by atoms with Gasteiger partial charge in [0.05, 0.1) is 7.11 Å². The van der Waals surface area contributed by atoms with Gasteiger partial charge in [-0.3, -0.25) is 9.78 Å². The summed E-state index contributed by atoms with van der Waals surface area (Å²) in [5.74, 6) is 0.782. The Kier molecular flexibility index (Phi) is 4.01. The predicted octanol–water partition coefficient (Wildman–Crippen LogP) is 2.62. The van der Waals surface area contributed by atoms with Crippen molar-refractivity contribution in [1.82, 2.24) is 19.9 Å². The number of hydrogen-bond donors (Lipinski definition) is 0. The number of ether oxygens (including phenoxy) is 1. The van der Waals surface area contributed by atoms with Crippen molar-refractivity contribution in [2.75, 3.05) is 13.7 Å². The number of benzene rings is 1. The number of aromatic nitrogens is 3. The fraction of sp³-hybridized carbons (Fsp3) is 0.263. The van der Waals surface area contributed by atoms with Gasteiger partial charge in [-0.25, -0.2) is 9.97 Å². The van der Waals surface area contributed by atoms with Crippen molar-refractivity contribution in [3.63, 3.8) is 0 Å². The summed E-state index contributed by atoms with van der Waals surface area (Å²) < 4.78 is 5.30. The first-order chi connectivity index (χ1) is 12.2. The lowest BCUT2D eigenvalue weighted by Crippen LogP contribution is -2.31. The van der Waals surface area contributed by atoms with E-state index in [9.17, 15) is 4.79 Å².